The van der Waals surface area contributed by atoms with Crippen LogP contribution >= 0.6 is 0 Å². The fourth-order valence-electron chi connectivity index (χ4n) is 6.72. The van der Waals surface area contributed by atoms with E-state index >= 15 is 4.39 Å². The van der Waals surface area contributed by atoms with Crippen molar-refractivity contribution >= 4 is 28.4 Å². The first-order valence-electron chi connectivity index (χ1n) is 15.9. The molecule has 3 N–H and O–H groups in total. The van der Waals surface area contributed by atoms with Crippen molar-refractivity contribution in [3.63, 3.8) is 0 Å². The number of nitrogens with one attached hydrogen (secondary N) is 1. The van der Waals surface area contributed by atoms with Crippen LogP contribution in [0, 0.1) is 19.7 Å². The largest absolute Gasteiger partial charge is 0.385 e. The number of rotatable bonds is 12. The molecule has 1 aliphatic rings. The van der Waals surface area contributed by atoms with Crippen LogP contribution in [0.3, 0.4) is 0 Å². The Hall–Kier alpha value is -4.02. The fourth-order valence-corrected chi connectivity index (χ4v) is 6.72. The number of fused-ring (bicyclic) bond motifs is 1. The van der Waals surface area contributed by atoms with Gasteiger partial charge in [-0.2, -0.15) is 5.10 Å². The number of hydrogen-bond acceptors (Lipinski definition) is 5. The zero-order valence-electron chi connectivity index (χ0n) is 26.8. The van der Waals surface area contributed by atoms with Crippen LogP contribution in [0.1, 0.15) is 71.5 Å². The Morgan fingerprint density at radius 2 is 1.96 bits per heavy atom. The van der Waals surface area contributed by atoms with E-state index in [9.17, 15) is 9.59 Å². The van der Waals surface area contributed by atoms with Crippen LogP contribution in [0.25, 0.3) is 10.9 Å². The number of anilines is 1. The summed E-state index contributed by atoms with van der Waals surface area (Å²) in [7, 11) is 1.68. The maximum atomic E-state index is 15.1. The number of likely N-dealkylation sites (tertiary alicyclic amines) is 1. The smallest absolute Gasteiger partial charge is 0.273 e. The number of nitrogens with two attached hydrogens (primary N) is 1. The molecule has 2 aromatic heterocycles. The van der Waals surface area contributed by atoms with Gasteiger partial charge in [-0.3, -0.25) is 14.3 Å². The average molecular weight is 617 g/mol. The molecule has 10 heteroatoms. The van der Waals surface area contributed by atoms with Crippen LogP contribution in [0.4, 0.5) is 10.1 Å². The van der Waals surface area contributed by atoms with Crippen molar-refractivity contribution in [2.45, 2.75) is 77.9 Å². The topological polar surface area (TPSA) is 107 Å². The maximum absolute atomic E-state index is 15.1. The molecule has 1 saturated heterocycles. The molecule has 9 nitrogen and oxygen atoms in total. The van der Waals surface area contributed by atoms with Crippen molar-refractivity contribution in [1.29, 1.82) is 0 Å². The minimum atomic E-state index is -0.337. The predicted octanol–water partition coefficient (Wildman–Crippen LogP) is 5.57. The second-order valence-electron chi connectivity index (χ2n) is 12.1. The summed E-state index contributed by atoms with van der Waals surface area (Å²) in [6.45, 7) is 9.05. The number of nitrogens with zero attached hydrogens (tertiary/aromatic N) is 4. The number of aryl methyl sites for hydroxylation is 4. The number of ether oxygens (including phenoxy) is 1. The van der Waals surface area contributed by atoms with Gasteiger partial charge in [0.05, 0.1) is 11.2 Å². The van der Waals surface area contributed by atoms with Crippen molar-refractivity contribution < 1.29 is 18.7 Å². The minimum Gasteiger partial charge on any atom is -0.385 e. The van der Waals surface area contributed by atoms with Gasteiger partial charge in [0.25, 0.3) is 5.91 Å². The molecule has 1 unspecified atom stereocenters. The molecule has 5 rings (SSSR count). The van der Waals surface area contributed by atoms with Gasteiger partial charge in [-0.15, -0.1) is 0 Å². The summed E-state index contributed by atoms with van der Waals surface area (Å²) in [6, 6.07) is 14.3. The number of methoxy groups -OCH3 is 1. The molecule has 45 heavy (non-hydrogen) atoms. The zero-order chi connectivity index (χ0) is 32.1. The Morgan fingerprint density at radius 3 is 2.69 bits per heavy atom. The summed E-state index contributed by atoms with van der Waals surface area (Å²) in [4.78, 5) is 28.1. The van der Waals surface area contributed by atoms with Crippen molar-refractivity contribution in [2.24, 2.45) is 5.73 Å². The first kappa shape index (κ1) is 32.4. The van der Waals surface area contributed by atoms with Crippen LogP contribution in [0.15, 0.2) is 48.5 Å². The third-order valence-electron chi connectivity index (χ3n) is 8.81. The Balaban J connectivity index is 1.21. The molecule has 0 saturated carbocycles. The molecular formula is C35H45FN6O3. The minimum absolute atomic E-state index is 0.0461. The molecule has 2 amide bonds. The summed E-state index contributed by atoms with van der Waals surface area (Å²) >= 11 is 0. The summed E-state index contributed by atoms with van der Waals surface area (Å²) in [5.74, 6) is -0.257. The monoisotopic (exact) mass is 616 g/mol. The lowest BCUT2D eigenvalue weighted by Crippen LogP contribution is -2.42. The van der Waals surface area contributed by atoms with E-state index in [1.807, 2.05) is 49.1 Å². The molecule has 1 aliphatic heterocycles. The number of carbonyl (C=O) groups excluding carboxylic acids is 2. The van der Waals surface area contributed by atoms with Gasteiger partial charge in [0.1, 0.15) is 11.5 Å². The van der Waals surface area contributed by atoms with E-state index in [4.69, 9.17) is 10.5 Å². The summed E-state index contributed by atoms with van der Waals surface area (Å²) < 4.78 is 24.2. The molecule has 2 aromatic carbocycles. The first-order chi connectivity index (χ1) is 21.7. The van der Waals surface area contributed by atoms with E-state index in [-0.39, 0.29) is 36.0 Å². The molecule has 0 bridgehead atoms. The molecule has 4 aromatic rings. The molecule has 3 heterocycles. The molecule has 240 valence electrons. The van der Waals surface area contributed by atoms with Gasteiger partial charge in [0.15, 0.2) is 0 Å². The van der Waals surface area contributed by atoms with E-state index in [2.05, 4.69) is 21.9 Å². The van der Waals surface area contributed by atoms with E-state index < -0.39 is 0 Å². The normalized spacial score (nSPS) is 15.9. The van der Waals surface area contributed by atoms with E-state index in [1.54, 1.807) is 23.9 Å². The Kier molecular flexibility index (Phi) is 10.4. The Morgan fingerprint density at radius 1 is 1.18 bits per heavy atom. The van der Waals surface area contributed by atoms with Gasteiger partial charge in [-0.05, 0) is 81.8 Å². The zero-order valence-corrected chi connectivity index (χ0v) is 26.8. The van der Waals surface area contributed by atoms with Gasteiger partial charge in [0, 0.05) is 75.0 Å². The number of carbonyl (C=O) groups is 2. The number of benzene rings is 2. The molecular weight excluding hydrogens is 571 g/mol. The summed E-state index contributed by atoms with van der Waals surface area (Å²) in [5, 5.41) is 8.20. The fraction of sp³-hybridized carbons (Fsp3) is 0.457. The lowest BCUT2D eigenvalue weighted by Gasteiger charge is -2.34. The Labute approximate surface area is 264 Å². The number of hydrogen-bond donors (Lipinski definition) is 2. The van der Waals surface area contributed by atoms with Crippen LogP contribution in [-0.4, -0.2) is 63.9 Å². The highest BCUT2D eigenvalue weighted by molar-refractivity contribution is 6.03. The SMILES string of the molecule is CCn1nc(C)cc1C(=O)Nc1ccc(C[C@@H](N)CC(=O)N2CCCC(c3c(C)c4cccc(F)c4n3CCCOC)C2)cc1. The van der Waals surface area contributed by atoms with Crippen LogP contribution in [0.5, 0.6) is 0 Å². The van der Waals surface area contributed by atoms with Gasteiger partial charge in [-0.25, -0.2) is 4.39 Å². The maximum Gasteiger partial charge on any atom is 0.273 e. The molecule has 0 spiro atoms. The lowest BCUT2D eigenvalue weighted by molar-refractivity contribution is -0.132. The van der Waals surface area contributed by atoms with E-state index in [1.165, 1.54) is 6.07 Å². The first-order valence-corrected chi connectivity index (χ1v) is 15.9. The van der Waals surface area contributed by atoms with Gasteiger partial charge in [-0.1, -0.05) is 24.3 Å². The standard InChI is InChI=1S/C35H45FN6O3/c1-5-42-31(19-23(2)39-42)35(44)38-28-14-12-25(13-15-28)20-27(37)21-32(43)40-16-7-9-26(22-40)33-24(3)29-10-6-11-30(36)34(29)41(33)17-8-18-45-4/h6,10-15,19,26-27H,5,7-9,16-18,20-22,37H2,1-4H3,(H,38,44)/t26?,27-/m1/s1. The quantitative estimate of drug-likeness (QED) is 0.203. The number of halogens is 1. The highest BCUT2D eigenvalue weighted by Crippen LogP contribution is 2.37. The lowest BCUT2D eigenvalue weighted by atomic mass is 9.91. The molecule has 1 fully saturated rings. The van der Waals surface area contributed by atoms with Crippen LogP contribution < -0.4 is 11.1 Å². The predicted molar refractivity (Wildman–Crippen MR) is 175 cm³/mol. The van der Waals surface area contributed by atoms with Crippen molar-refractivity contribution in [3.05, 3.63) is 82.6 Å². The summed E-state index contributed by atoms with van der Waals surface area (Å²) in [6.07, 6.45) is 3.41. The van der Waals surface area contributed by atoms with E-state index in [0.717, 1.165) is 47.2 Å². The van der Waals surface area contributed by atoms with E-state index in [0.29, 0.717) is 56.1 Å². The van der Waals surface area contributed by atoms with Gasteiger partial charge < -0.3 is 25.3 Å². The molecule has 0 aliphatic carbocycles. The third-order valence-corrected chi connectivity index (χ3v) is 8.81. The van der Waals surface area contributed by atoms with Crippen LogP contribution in [-0.2, 0) is 29.0 Å². The molecule has 0 radical (unpaired) electrons. The molecule has 2 atom stereocenters. The third kappa shape index (κ3) is 7.28. The number of para-hydroxylation sites is 1. The van der Waals surface area contributed by atoms with Crippen molar-refractivity contribution in [3.8, 4) is 0 Å². The second kappa shape index (κ2) is 14.4. The van der Waals surface area contributed by atoms with Gasteiger partial charge in [0.2, 0.25) is 5.91 Å². The second-order valence-corrected chi connectivity index (χ2v) is 12.1. The number of piperidine rings is 1. The van der Waals surface area contributed by atoms with Crippen molar-refractivity contribution in [1.82, 2.24) is 19.2 Å². The van der Waals surface area contributed by atoms with Crippen molar-refractivity contribution in [2.75, 3.05) is 32.1 Å². The van der Waals surface area contributed by atoms with Gasteiger partial charge >= 0.3 is 0 Å². The average Bonchev–Trinajstić information content (AvgIpc) is 3.55. The highest BCUT2D eigenvalue weighted by Gasteiger charge is 2.30. The number of amides is 2. The number of aromatic nitrogens is 3. The highest BCUT2D eigenvalue weighted by atomic mass is 19.1. The summed E-state index contributed by atoms with van der Waals surface area (Å²) in [5.41, 5.74) is 12.3. The Bertz CT molecular complexity index is 1640. The van der Waals surface area contributed by atoms with Crippen LogP contribution in [0.2, 0.25) is 0 Å².